The smallest absolute Gasteiger partial charge is 0.311 e. The van der Waals surface area contributed by atoms with Crippen molar-refractivity contribution in [1.82, 2.24) is 0 Å². The van der Waals surface area contributed by atoms with Crippen molar-refractivity contribution in [3.63, 3.8) is 0 Å². The normalized spacial score (nSPS) is 12.0. The van der Waals surface area contributed by atoms with E-state index in [1.165, 1.54) is 24.3 Å². The van der Waals surface area contributed by atoms with Gasteiger partial charge >= 0.3 is 11.9 Å². The Morgan fingerprint density at radius 2 is 1.67 bits per heavy atom. The van der Waals surface area contributed by atoms with Crippen LogP contribution in [0.1, 0.15) is 17.9 Å². The van der Waals surface area contributed by atoms with E-state index in [1.807, 2.05) is 0 Å². The molecule has 1 aromatic carbocycles. The summed E-state index contributed by atoms with van der Waals surface area (Å²) in [7, 11) is 0. The second-order valence-corrected chi connectivity index (χ2v) is 3.08. The number of phenols is 1. The van der Waals surface area contributed by atoms with Gasteiger partial charge in [0.25, 0.3) is 0 Å². The summed E-state index contributed by atoms with van der Waals surface area (Å²) in [6.45, 7) is 0. The first-order valence-electron chi connectivity index (χ1n) is 4.24. The average molecular weight is 210 g/mol. The second kappa shape index (κ2) is 4.45. The Morgan fingerprint density at radius 3 is 2.07 bits per heavy atom. The van der Waals surface area contributed by atoms with Crippen LogP contribution < -0.4 is 0 Å². The van der Waals surface area contributed by atoms with Gasteiger partial charge in [-0.25, -0.2) is 0 Å². The number of phenolic OH excluding ortho intramolecular Hbond substituents is 1. The lowest BCUT2D eigenvalue weighted by Crippen LogP contribution is -2.15. The third-order valence-corrected chi connectivity index (χ3v) is 1.97. The number of carboxylic acid groups (broad SMARTS) is 2. The van der Waals surface area contributed by atoms with Gasteiger partial charge < -0.3 is 15.3 Å². The highest BCUT2D eigenvalue weighted by molar-refractivity contribution is 5.82. The molecule has 15 heavy (non-hydrogen) atoms. The average Bonchev–Trinajstić information content (AvgIpc) is 2.15. The number of rotatable bonds is 4. The van der Waals surface area contributed by atoms with E-state index in [4.69, 9.17) is 15.3 Å². The largest absolute Gasteiger partial charge is 0.508 e. The van der Waals surface area contributed by atoms with Crippen LogP contribution in [-0.4, -0.2) is 27.3 Å². The molecule has 0 bridgehead atoms. The molecule has 0 saturated heterocycles. The molecule has 80 valence electrons. The van der Waals surface area contributed by atoms with Crippen LogP contribution >= 0.6 is 0 Å². The topological polar surface area (TPSA) is 94.8 Å². The van der Waals surface area contributed by atoms with Crippen LogP contribution in [-0.2, 0) is 9.59 Å². The van der Waals surface area contributed by atoms with Gasteiger partial charge in [0.2, 0.25) is 0 Å². The molecule has 3 N–H and O–H groups in total. The van der Waals surface area contributed by atoms with Crippen LogP contribution in [0.25, 0.3) is 0 Å². The van der Waals surface area contributed by atoms with E-state index in [9.17, 15) is 9.59 Å². The Morgan fingerprint density at radius 1 is 1.13 bits per heavy atom. The van der Waals surface area contributed by atoms with Crippen molar-refractivity contribution >= 4 is 11.9 Å². The van der Waals surface area contributed by atoms with Crippen molar-refractivity contribution in [3.05, 3.63) is 29.8 Å². The Bertz CT molecular complexity index is 368. The maximum atomic E-state index is 10.8. The highest BCUT2D eigenvalue weighted by atomic mass is 16.4. The molecule has 0 spiro atoms. The molecular formula is C10H10O5. The zero-order chi connectivity index (χ0) is 11.4. The standard InChI is InChI=1S/C10H10O5/c11-7-3-1-6(2-4-7)8(10(14)15)5-9(12)13/h1-4,8,11H,5H2,(H,12,13)(H,14,15). The molecule has 0 aliphatic heterocycles. The summed E-state index contributed by atoms with van der Waals surface area (Å²) < 4.78 is 0. The SMILES string of the molecule is O=C(O)CC(C(=O)O)c1ccc(O)cc1. The van der Waals surface area contributed by atoms with Crippen LogP contribution in [0, 0.1) is 0 Å². The third kappa shape index (κ3) is 2.98. The number of carboxylic acids is 2. The van der Waals surface area contributed by atoms with Crippen molar-refractivity contribution in [2.24, 2.45) is 0 Å². The minimum absolute atomic E-state index is 0.0122. The molecule has 0 amide bonds. The van der Waals surface area contributed by atoms with Crippen LogP contribution in [0.4, 0.5) is 0 Å². The zero-order valence-corrected chi connectivity index (χ0v) is 7.75. The molecule has 0 fully saturated rings. The van der Waals surface area contributed by atoms with E-state index < -0.39 is 24.3 Å². The van der Waals surface area contributed by atoms with E-state index in [-0.39, 0.29) is 5.75 Å². The monoisotopic (exact) mass is 210 g/mol. The van der Waals surface area contributed by atoms with E-state index in [1.54, 1.807) is 0 Å². The number of hydrogen-bond acceptors (Lipinski definition) is 3. The van der Waals surface area contributed by atoms with E-state index in [2.05, 4.69) is 0 Å². The minimum Gasteiger partial charge on any atom is -0.508 e. The summed E-state index contributed by atoms with van der Waals surface area (Å²) in [4.78, 5) is 21.2. The van der Waals surface area contributed by atoms with Gasteiger partial charge in [0.05, 0.1) is 12.3 Å². The fourth-order valence-electron chi connectivity index (χ4n) is 1.23. The summed E-state index contributed by atoms with van der Waals surface area (Å²) in [5.41, 5.74) is 0.364. The number of hydrogen-bond donors (Lipinski definition) is 3. The van der Waals surface area contributed by atoms with Gasteiger partial charge in [-0.15, -0.1) is 0 Å². The first-order valence-corrected chi connectivity index (χ1v) is 4.24. The second-order valence-electron chi connectivity index (χ2n) is 3.08. The maximum absolute atomic E-state index is 10.8. The minimum atomic E-state index is -1.19. The predicted molar refractivity (Wildman–Crippen MR) is 50.7 cm³/mol. The lowest BCUT2D eigenvalue weighted by atomic mass is 9.96. The summed E-state index contributed by atoms with van der Waals surface area (Å²) in [5, 5.41) is 26.4. The highest BCUT2D eigenvalue weighted by Crippen LogP contribution is 2.22. The molecule has 1 aromatic rings. The van der Waals surface area contributed by atoms with Crippen LogP contribution in [0.2, 0.25) is 0 Å². The van der Waals surface area contributed by atoms with Gasteiger partial charge in [-0.1, -0.05) is 12.1 Å². The lowest BCUT2D eigenvalue weighted by Gasteiger charge is -2.09. The molecule has 5 nitrogen and oxygen atoms in total. The van der Waals surface area contributed by atoms with Gasteiger partial charge in [-0.3, -0.25) is 9.59 Å². The van der Waals surface area contributed by atoms with Crippen molar-refractivity contribution in [2.45, 2.75) is 12.3 Å². The molecule has 0 saturated carbocycles. The van der Waals surface area contributed by atoms with Crippen molar-refractivity contribution in [1.29, 1.82) is 0 Å². The molecule has 1 rings (SSSR count). The number of aliphatic carboxylic acids is 2. The predicted octanol–water partition coefficient (Wildman–Crippen LogP) is 1.04. The molecular weight excluding hydrogens is 200 g/mol. The van der Waals surface area contributed by atoms with Gasteiger partial charge in [0.15, 0.2) is 0 Å². The first-order chi connectivity index (χ1) is 7.00. The van der Waals surface area contributed by atoms with Crippen molar-refractivity contribution in [3.8, 4) is 5.75 Å². The fourth-order valence-corrected chi connectivity index (χ4v) is 1.23. The van der Waals surface area contributed by atoms with Crippen LogP contribution in [0.5, 0.6) is 5.75 Å². The Hall–Kier alpha value is -2.04. The Labute approximate surface area is 85.6 Å². The van der Waals surface area contributed by atoms with E-state index in [0.29, 0.717) is 5.56 Å². The van der Waals surface area contributed by atoms with Gasteiger partial charge in [0, 0.05) is 0 Å². The van der Waals surface area contributed by atoms with Crippen LogP contribution in [0.3, 0.4) is 0 Å². The summed E-state index contributed by atoms with van der Waals surface area (Å²) in [6.07, 6.45) is -0.472. The van der Waals surface area contributed by atoms with Gasteiger partial charge in [0.1, 0.15) is 5.75 Å². The summed E-state index contributed by atoms with van der Waals surface area (Å²) in [6, 6.07) is 5.45. The Balaban J connectivity index is 2.94. The molecule has 0 aliphatic rings. The molecule has 0 aliphatic carbocycles. The lowest BCUT2D eigenvalue weighted by molar-refractivity contribution is -0.145. The summed E-state index contributed by atoms with van der Waals surface area (Å²) in [5.74, 6) is -3.43. The van der Waals surface area contributed by atoms with Gasteiger partial charge in [-0.05, 0) is 17.7 Å². The molecule has 5 heteroatoms. The molecule has 0 aromatic heterocycles. The molecule has 0 radical (unpaired) electrons. The molecule has 0 heterocycles. The molecule has 1 unspecified atom stereocenters. The van der Waals surface area contributed by atoms with Crippen molar-refractivity contribution in [2.75, 3.05) is 0 Å². The molecule has 1 atom stereocenters. The number of aromatic hydroxyl groups is 1. The van der Waals surface area contributed by atoms with Crippen LogP contribution in [0.15, 0.2) is 24.3 Å². The van der Waals surface area contributed by atoms with Crippen molar-refractivity contribution < 1.29 is 24.9 Å². The quantitative estimate of drug-likeness (QED) is 0.690. The first kappa shape index (κ1) is 11.0. The zero-order valence-electron chi connectivity index (χ0n) is 7.75. The van der Waals surface area contributed by atoms with E-state index in [0.717, 1.165) is 0 Å². The van der Waals surface area contributed by atoms with Gasteiger partial charge in [-0.2, -0.15) is 0 Å². The highest BCUT2D eigenvalue weighted by Gasteiger charge is 2.22. The third-order valence-electron chi connectivity index (χ3n) is 1.97. The fraction of sp³-hybridized carbons (Fsp3) is 0.200. The number of carbonyl (C=O) groups is 2. The van der Waals surface area contributed by atoms with E-state index >= 15 is 0 Å². The number of benzene rings is 1. The summed E-state index contributed by atoms with van der Waals surface area (Å²) >= 11 is 0. The maximum Gasteiger partial charge on any atom is 0.311 e. The Kier molecular flexibility index (Phi) is 3.28.